The number of nitrogens with zero attached hydrogens (tertiary/aromatic N) is 1. The van der Waals surface area contributed by atoms with Crippen LogP contribution < -0.4 is 5.32 Å². The third-order valence-corrected chi connectivity index (χ3v) is 5.24. The van der Waals surface area contributed by atoms with Gasteiger partial charge in [-0.3, -0.25) is 4.79 Å². The van der Waals surface area contributed by atoms with Crippen LogP contribution in [0.4, 0.5) is 0 Å². The minimum Gasteiger partial charge on any atom is -0.386 e. The number of aliphatic hydroxyl groups is 1. The van der Waals surface area contributed by atoms with E-state index in [2.05, 4.69) is 12.2 Å². The minimum absolute atomic E-state index is 0.0382. The Labute approximate surface area is 118 Å². The summed E-state index contributed by atoms with van der Waals surface area (Å²) in [6, 6.07) is 5.00. The van der Waals surface area contributed by atoms with Crippen LogP contribution in [0.3, 0.4) is 0 Å². The van der Waals surface area contributed by atoms with E-state index in [9.17, 15) is 18.3 Å². The van der Waals surface area contributed by atoms with Crippen LogP contribution in [-0.4, -0.2) is 43.4 Å². The van der Waals surface area contributed by atoms with Crippen molar-refractivity contribution in [3.05, 3.63) is 36.8 Å². The number of carbonyl (C=O) groups is 1. The molecule has 1 aromatic carbocycles. The highest BCUT2D eigenvalue weighted by Gasteiger charge is 2.44. The fraction of sp³-hybridized carbons (Fsp3) is 0.385. The van der Waals surface area contributed by atoms with Crippen LogP contribution in [0.5, 0.6) is 0 Å². The summed E-state index contributed by atoms with van der Waals surface area (Å²) in [5.41, 5.74) is 0.250. The zero-order valence-electron chi connectivity index (χ0n) is 11.1. The van der Waals surface area contributed by atoms with Crippen LogP contribution in [0.2, 0.25) is 0 Å². The van der Waals surface area contributed by atoms with Gasteiger partial charge in [-0.2, -0.15) is 4.31 Å². The Morgan fingerprint density at radius 1 is 1.45 bits per heavy atom. The molecule has 0 saturated heterocycles. The fourth-order valence-corrected chi connectivity index (χ4v) is 3.82. The zero-order chi connectivity index (χ0) is 14.9. The third kappa shape index (κ3) is 2.32. The van der Waals surface area contributed by atoms with E-state index in [-0.39, 0.29) is 10.5 Å². The summed E-state index contributed by atoms with van der Waals surface area (Å²) in [6.45, 7) is 3.93. The summed E-state index contributed by atoms with van der Waals surface area (Å²) in [5.74, 6) is -0.526. The average Bonchev–Trinajstić information content (AvgIpc) is 2.43. The summed E-state index contributed by atoms with van der Waals surface area (Å²) < 4.78 is 25.6. The van der Waals surface area contributed by atoms with Crippen molar-refractivity contribution in [1.82, 2.24) is 9.62 Å². The van der Waals surface area contributed by atoms with E-state index < -0.39 is 28.1 Å². The fourth-order valence-electron chi connectivity index (χ4n) is 2.26. The van der Waals surface area contributed by atoms with E-state index in [4.69, 9.17) is 0 Å². The summed E-state index contributed by atoms with van der Waals surface area (Å²) >= 11 is 0. The zero-order valence-corrected chi connectivity index (χ0v) is 11.9. The largest absolute Gasteiger partial charge is 0.386 e. The highest BCUT2D eigenvalue weighted by atomic mass is 32.2. The maximum absolute atomic E-state index is 12.4. The molecular weight excluding hydrogens is 280 g/mol. The van der Waals surface area contributed by atoms with Crippen LogP contribution in [0.15, 0.2) is 29.2 Å². The van der Waals surface area contributed by atoms with Crippen molar-refractivity contribution in [2.45, 2.75) is 23.5 Å². The van der Waals surface area contributed by atoms with Gasteiger partial charge in [0.15, 0.2) is 0 Å². The number of carbonyl (C=O) groups excluding carboxylic acids is 1. The van der Waals surface area contributed by atoms with Crippen molar-refractivity contribution in [3.63, 3.8) is 0 Å². The summed E-state index contributed by atoms with van der Waals surface area (Å²) in [5, 5.41) is 12.9. The molecule has 0 aromatic heterocycles. The van der Waals surface area contributed by atoms with Crippen LogP contribution in [0.25, 0.3) is 0 Å². The number of benzene rings is 1. The molecule has 1 amide bonds. The second-order valence-corrected chi connectivity index (χ2v) is 6.56. The van der Waals surface area contributed by atoms with Gasteiger partial charge in [-0.15, -0.1) is 0 Å². The maximum Gasteiger partial charge on any atom is 0.244 e. The Morgan fingerprint density at radius 2 is 2.10 bits per heavy atom. The Kier molecular flexibility index (Phi) is 4.12. The van der Waals surface area contributed by atoms with Gasteiger partial charge in [-0.1, -0.05) is 25.1 Å². The summed E-state index contributed by atoms with van der Waals surface area (Å²) in [4.78, 5) is 12.1. The van der Waals surface area contributed by atoms with Crippen molar-refractivity contribution >= 4 is 15.9 Å². The maximum atomic E-state index is 12.4. The van der Waals surface area contributed by atoms with Crippen molar-refractivity contribution in [2.75, 3.05) is 13.6 Å². The van der Waals surface area contributed by atoms with E-state index >= 15 is 0 Å². The van der Waals surface area contributed by atoms with Gasteiger partial charge in [-0.05, 0) is 12.5 Å². The van der Waals surface area contributed by atoms with E-state index in [1.165, 1.54) is 19.2 Å². The molecule has 0 aliphatic carbocycles. The van der Waals surface area contributed by atoms with Crippen LogP contribution in [0, 0.1) is 6.92 Å². The second-order valence-electron chi connectivity index (χ2n) is 4.59. The molecule has 2 atom stereocenters. The first-order chi connectivity index (χ1) is 9.41. The monoisotopic (exact) mass is 297 g/mol. The quantitative estimate of drug-likeness (QED) is 0.826. The van der Waals surface area contributed by atoms with Crippen molar-refractivity contribution < 1.29 is 18.3 Å². The van der Waals surface area contributed by atoms with Crippen molar-refractivity contribution in [1.29, 1.82) is 0 Å². The molecule has 2 rings (SSSR count). The molecule has 0 fully saturated rings. The molecule has 0 saturated carbocycles. The molecule has 109 valence electrons. The number of fused-ring (bicyclic) bond motifs is 1. The molecule has 2 unspecified atom stereocenters. The van der Waals surface area contributed by atoms with Gasteiger partial charge in [0.05, 0.1) is 4.90 Å². The van der Waals surface area contributed by atoms with Crippen LogP contribution in [-0.2, 0) is 14.8 Å². The Balaban J connectivity index is 2.45. The summed E-state index contributed by atoms with van der Waals surface area (Å²) in [6.07, 6.45) is -0.703. The number of nitrogens with one attached hydrogen (secondary N) is 1. The highest BCUT2D eigenvalue weighted by Crippen LogP contribution is 2.35. The Morgan fingerprint density at radius 3 is 2.75 bits per heavy atom. The van der Waals surface area contributed by atoms with E-state index in [1.54, 1.807) is 12.1 Å². The lowest BCUT2D eigenvalue weighted by Crippen LogP contribution is -2.53. The molecular formula is C13H17N2O4S. The standard InChI is InChI=1S/C13H17N2O4S/c1-3-8-14-13(17)11-12(16)9-6-4-5-7-10(9)20(18,19)15(11)2/h4-7,11-12,16H,1,3,8H2,2H3,(H,14,17). The molecule has 7 heteroatoms. The van der Waals surface area contributed by atoms with E-state index in [0.717, 1.165) is 4.31 Å². The van der Waals surface area contributed by atoms with Gasteiger partial charge in [0.1, 0.15) is 12.1 Å². The Hall–Kier alpha value is -1.44. The topological polar surface area (TPSA) is 86.7 Å². The van der Waals surface area contributed by atoms with Crippen LogP contribution in [0.1, 0.15) is 18.1 Å². The lowest BCUT2D eigenvalue weighted by atomic mass is 10.0. The summed E-state index contributed by atoms with van der Waals surface area (Å²) in [7, 11) is -2.48. The molecule has 2 N–H and O–H groups in total. The van der Waals surface area contributed by atoms with Gasteiger partial charge in [0.25, 0.3) is 0 Å². The predicted molar refractivity (Wildman–Crippen MR) is 73.1 cm³/mol. The molecule has 1 aliphatic heterocycles. The van der Waals surface area contributed by atoms with Crippen molar-refractivity contribution in [3.8, 4) is 0 Å². The van der Waals surface area contributed by atoms with E-state index in [0.29, 0.717) is 13.0 Å². The number of amides is 1. The number of sulfonamides is 1. The average molecular weight is 297 g/mol. The van der Waals surface area contributed by atoms with Crippen molar-refractivity contribution in [2.24, 2.45) is 0 Å². The van der Waals surface area contributed by atoms with Gasteiger partial charge >= 0.3 is 0 Å². The molecule has 1 radical (unpaired) electrons. The minimum atomic E-state index is -3.78. The normalized spacial score (nSPS) is 24.9. The first-order valence-electron chi connectivity index (χ1n) is 6.23. The first kappa shape index (κ1) is 15.0. The first-order valence-corrected chi connectivity index (χ1v) is 7.67. The Bertz CT molecular complexity index is 615. The van der Waals surface area contributed by atoms with Crippen LogP contribution >= 0.6 is 0 Å². The molecule has 0 spiro atoms. The SMILES string of the molecule is [CH2]CCNC(=O)C1C(O)c2ccccc2S(=O)(=O)N1C. The predicted octanol–water partition coefficient (Wildman–Crippen LogP) is 0.0631. The smallest absolute Gasteiger partial charge is 0.244 e. The molecule has 1 heterocycles. The van der Waals surface area contributed by atoms with E-state index in [1.807, 2.05) is 0 Å². The number of aliphatic hydroxyl groups excluding tert-OH is 1. The third-order valence-electron chi connectivity index (χ3n) is 3.33. The number of hydrogen-bond donors (Lipinski definition) is 2. The molecule has 20 heavy (non-hydrogen) atoms. The van der Waals surface area contributed by atoms with Gasteiger partial charge in [0.2, 0.25) is 15.9 Å². The molecule has 6 nitrogen and oxygen atoms in total. The number of hydrogen-bond acceptors (Lipinski definition) is 4. The molecule has 1 aliphatic rings. The number of rotatable bonds is 3. The molecule has 1 aromatic rings. The second kappa shape index (κ2) is 5.51. The lowest BCUT2D eigenvalue weighted by Gasteiger charge is -2.35. The lowest BCUT2D eigenvalue weighted by molar-refractivity contribution is -0.128. The highest BCUT2D eigenvalue weighted by molar-refractivity contribution is 7.89. The van der Waals surface area contributed by atoms with Gasteiger partial charge in [0, 0.05) is 19.2 Å². The number of likely N-dealkylation sites (N-methyl/N-ethyl adjacent to an activating group) is 1. The molecule has 0 bridgehead atoms. The van der Waals surface area contributed by atoms with Gasteiger partial charge in [-0.25, -0.2) is 8.42 Å². The van der Waals surface area contributed by atoms with Gasteiger partial charge < -0.3 is 10.4 Å².